The maximum absolute atomic E-state index is 6.17. The number of rotatable bonds is 5. The van der Waals surface area contributed by atoms with Crippen LogP contribution in [0.3, 0.4) is 0 Å². The average Bonchev–Trinajstić information content (AvgIpc) is 2.40. The first-order chi connectivity index (χ1) is 9.15. The maximum Gasteiger partial charge on any atom is 0.0701 e. The average molecular weight is 287 g/mol. The molecule has 2 saturated heterocycles. The third-order valence-electron chi connectivity index (χ3n) is 4.48. The van der Waals surface area contributed by atoms with Gasteiger partial charge < -0.3 is 14.8 Å². The Kier molecular flexibility index (Phi) is 6.00. The Bertz CT molecular complexity index is 261. The highest BCUT2D eigenvalue weighted by Gasteiger charge is 2.40. The van der Waals surface area contributed by atoms with E-state index < -0.39 is 0 Å². The molecule has 2 heterocycles. The van der Waals surface area contributed by atoms with E-state index in [1.54, 1.807) is 0 Å². The second-order valence-corrected chi connectivity index (χ2v) is 7.40. The first-order valence-corrected chi connectivity index (χ1v) is 8.81. The Hall–Kier alpha value is 0.230. The van der Waals surface area contributed by atoms with Gasteiger partial charge in [-0.05, 0) is 64.0 Å². The van der Waals surface area contributed by atoms with E-state index in [9.17, 15) is 0 Å². The Morgan fingerprint density at radius 1 is 1.37 bits per heavy atom. The van der Waals surface area contributed by atoms with E-state index in [1.165, 1.54) is 37.2 Å². The zero-order valence-electron chi connectivity index (χ0n) is 12.6. The van der Waals surface area contributed by atoms with Gasteiger partial charge in [-0.2, -0.15) is 11.8 Å². The highest BCUT2D eigenvalue weighted by Crippen LogP contribution is 2.40. The molecule has 1 spiro atoms. The van der Waals surface area contributed by atoms with E-state index >= 15 is 0 Å². The van der Waals surface area contributed by atoms with Crippen molar-refractivity contribution in [2.24, 2.45) is 5.92 Å². The molecule has 0 aliphatic carbocycles. The molecule has 2 atom stereocenters. The van der Waals surface area contributed by atoms with Crippen LogP contribution in [-0.4, -0.2) is 49.5 Å². The van der Waals surface area contributed by atoms with Gasteiger partial charge in [-0.1, -0.05) is 0 Å². The Balaban J connectivity index is 1.90. The van der Waals surface area contributed by atoms with Crippen molar-refractivity contribution in [3.63, 3.8) is 0 Å². The molecule has 3 nitrogen and oxygen atoms in total. The summed E-state index contributed by atoms with van der Waals surface area (Å²) < 4.78 is 12.0. The predicted molar refractivity (Wildman–Crippen MR) is 81.9 cm³/mol. The summed E-state index contributed by atoms with van der Waals surface area (Å²) in [5.74, 6) is 3.22. The third kappa shape index (κ3) is 4.35. The minimum Gasteiger partial charge on any atom is -0.377 e. The number of thioether (sulfide) groups is 1. The SMILES string of the molecule is CNC(COC(C)C)C1CCOC2(CCSCC2)C1. The van der Waals surface area contributed by atoms with Gasteiger partial charge in [0.25, 0.3) is 0 Å². The first kappa shape index (κ1) is 15.6. The zero-order chi connectivity index (χ0) is 13.7. The molecule has 0 aromatic heterocycles. The Morgan fingerprint density at radius 3 is 2.74 bits per heavy atom. The Morgan fingerprint density at radius 2 is 2.11 bits per heavy atom. The van der Waals surface area contributed by atoms with Gasteiger partial charge in [0, 0.05) is 12.6 Å². The van der Waals surface area contributed by atoms with Crippen LogP contribution < -0.4 is 5.32 Å². The number of hydrogen-bond acceptors (Lipinski definition) is 4. The highest BCUT2D eigenvalue weighted by atomic mass is 32.2. The van der Waals surface area contributed by atoms with Gasteiger partial charge in [-0.25, -0.2) is 0 Å². The maximum atomic E-state index is 6.17. The molecule has 2 rings (SSSR count). The van der Waals surface area contributed by atoms with Crippen molar-refractivity contribution in [2.75, 3.05) is 31.8 Å². The lowest BCUT2D eigenvalue weighted by Crippen LogP contribution is -2.49. The molecule has 4 heteroatoms. The Labute approximate surface area is 122 Å². The molecule has 0 aromatic carbocycles. The van der Waals surface area contributed by atoms with E-state index in [0.29, 0.717) is 18.1 Å². The molecular weight excluding hydrogens is 258 g/mol. The molecule has 2 fully saturated rings. The van der Waals surface area contributed by atoms with Gasteiger partial charge >= 0.3 is 0 Å². The first-order valence-electron chi connectivity index (χ1n) is 7.66. The van der Waals surface area contributed by atoms with Crippen LogP contribution in [0.1, 0.15) is 39.5 Å². The van der Waals surface area contributed by atoms with Gasteiger partial charge in [0.05, 0.1) is 18.3 Å². The molecule has 1 N–H and O–H groups in total. The molecule has 0 saturated carbocycles. The van der Waals surface area contributed by atoms with Gasteiger partial charge in [0.1, 0.15) is 0 Å². The normalized spacial score (nSPS) is 28.7. The fourth-order valence-corrected chi connectivity index (χ4v) is 4.49. The van der Waals surface area contributed by atoms with Crippen molar-refractivity contribution in [3.05, 3.63) is 0 Å². The summed E-state index contributed by atoms with van der Waals surface area (Å²) in [5, 5.41) is 3.46. The molecule has 0 aromatic rings. The van der Waals surface area contributed by atoms with E-state index in [2.05, 4.69) is 38.0 Å². The standard InChI is InChI=1S/C15H29NO2S/c1-12(2)17-11-14(16-3)13-4-7-18-15(10-13)5-8-19-9-6-15/h12-14,16H,4-11H2,1-3H3. The van der Waals surface area contributed by atoms with Crippen LogP contribution >= 0.6 is 11.8 Å². The fourth-order valence-electron chi connectivity index (χ4n) is 3.25. The van der Waals surface area contributed by atoms with Gasteiger partial charge in [0.2, 0.25) is 0 Å². The predicted octanol–water partition coefficient (Wildman–Crippen LogP) is 2.69. The number of likely N-dealkylation sites (N-methyl/N-ethyl adjacent to an activating group) is 1. The summed E-state index contributed by atoms with van der Waals surface area (Å²) in [5.41, 5.74) is 0.182. The van der Waals surface area contributed by atoms with Crippen molar-refractivity contribution in [3.8, 4) is 0 Å². The van der Waals surface area contributed by atoms with Crippen LogP contribution in [0, 0.1) is 5.92 Å². The van der Waals surface area contributed by atoms with Gasteiger partial charge in [-0.3, -0.25) is 0 Å². The van der Waals surface area contributed by atoms with Crippen molar-refractivity contribution < 1.29 is 9.47 Å². The van der Waals surface area contributed by atoms with Crippen LogP contribution in [-0.2, 0) is 9.47 Å². The highest BCUT2D eigenvalue weighted by molar-refractivity contribution is 7.99. The van der Waals surface area contributed by atoms with Crippen molar-refractivity contribution in [1.29, 1.82) is 0 Å². The summed E-state index contributed by atoms with van der Waals surface area (Å²) in [6.07, 6.45) is 5.16. The topological polar surface area (TPSA) is 30.5 Å². The third-order valence-corrected chi connectivity index (χ3v) is 5.47. The fraction of sp³-hybridized carbons (Fsp3) is 1.00. The lowest BCUT2D eigenvalue weighted by atomic mass is 9.79. The number of hydrogen-bond donors (Lipinski definition) is 1. The minimum absolute atomic E-state index is 0.182. The molecule has 2 aliphatic rings. The molecule has 2 unspecified atom stereocenters. The smallest absolute Gasteiger partial charge is 0.0701 e. The largest absolute Gasteiger partial charge is 0.377 e. The molecule has 0 bridgehead atoms. The summed E-state index contributed by atoms with van der Waals surface area (Å²) in [6.45, 7) is 5.96. The van der Waals surface area contributed by atoms with Gasteiger partial charge in [0.15, 0.2) is 0 Å². The second kappa shape index (κ2) is 7.30. The molecule has 112 valence electrons. The summed E-state index contributed by atoms with van der Waals surface area (Å²) in [7, 11) is 2.06. The van der Waals surface area contributed by atoms with E-state index in [1.807, 2.05) is 0 Å². The summed E-state index contributed by atoms with van der Waals surface area (Å²) in [6, 6.07) is 0.470. The van der Waals surface area contributed by atoms with E-state index in [4.69, 9.17) is 9.47 Å². The van der Waals surface area contributed by atoms with Crippen LogP contribution in [0.5, 0.6) is 0 Å². The molecular formula is C15H29NO2S. The molecule has 0 radical (unpaired) electrons. The van der Waals surface area contributed by atoms with Crippen molar-refractivity contribution in [2.45, 2.75) is 57.3 Å². The molecule has 2 aliphatic heterocycles. The van der Waals surface area contributed by atoms with Crippen molar-refractivity contribution >= 4 is 11.8 Å². The van der Waals surface area contributed by atoms with Crippen LogP contribution in [0.2, 0.25) is 0 Å². The minimum atomic E-state index is 0.182. The van der Waals surface area contributed by atoms with E-state index in [-0.39, 0.29) is 5.60 Å². The monoisotopic (exact) mass is 287 g/mol. The van der Waals surface area contributed by atoms with Crippen LogP contribution in [0.25, 0.3) is 0 Å². The molecule has 0 amide bonds. The van der Waals surface area contributed by atoms with Crippen molar-refractivity contribution in [1.82, 2.24) is 5.32 Å². The molecule has 19 heavy (non-hydrogen) atoms. The van der Waals surface area contributed by atoms with Crippen LogP contribution in [0.4, 0.5) is 0 Å². The second-order valence-electron chi connectivity index (χ2n) is 6.17. The van der Waals surface area contributed by atoms with Crippen LogP contribution in [0.15, 0.2) is 0 Å². The summed E-state index contributed by atoms with van der Waals surface area (Å²) in [4.78, 5) is 0. The number of nitrogens with one attached hydrogen (secondary N) is 1. The summed E-state index contributed by atoms with van der Waals surface area (Å²) >= 11 is 2.07. The quantitative estimate of drug-likeness (QED) is 0.842. The van der Waals surface area contributed by atoms with Gasteiger partial charge in [-0.15, -0.1) is 0 Å². The number of ether oxygens (including phenoxy) is 2. The zero-order valence-corrected chi connectivity index (χ0v) is 13.4. The van der Waals surface area contributed by atoms with E-state index in [0.717, 1.165) is 13.2 Å². The lowest BCUT2D eigenvalue weighted by Gasteiger charge is -2.45. The lowest BCUT2D eigenvalue weighted by molar-refractivity contribution is -0.111.